The molecule has 3 heterocycles. The van der Waals surface area contributed by atoms with Crippen molar-refractivity contribution in [1.29, 1.82) is 0 Å². The number of nitrogens with zero attached hydrogens (tertiary/aromatic N) is 5. The van der Waals surface area contributed by atoms with Crippen LogP contribution in [0.2, 0.25) is 0 Å². The summed E-state index contributed by atoms with van der Waals surface area (Å²) in [4.78, 5) is 31.0. The van der Waals surface area contributed by atoms with Crippen molar-refractivity contribution in [3.8, 4) is 5.69 Å². The second kappa shape index (κ2) is 11.4. The molecule has 2 amide bonds. The van der Waals surface area contributed by atoms with E-state index in [-0.39, 0.29) is 17.6 Å². The topological polar surface area (TPSA) is 93.0 Å². The third-order valence-corrected chi connectivity index (χ3v) is 7.18. The number of amides is 2. The number of thioether (sulfide) groups is 1. The fourth-order valence-electron chi connectivity index (χ4n) is 4.45. The highest BCUT2D eigenvalue weighted by Gasteiger charge is 2.22. The van der Waals surface area contributed by atoms with Gasteiger partial charge < -0.3 is 10.2 Å². The summed E-state index contributed by atoms with van der Waals surface area (Å²) in [5.41, 5.74) is 0.833. The van der Waals surface area contributed by atoms with E-state index in [1.165, 1.54) is 43.9 Å². The first-order valence-corrected chi connectivity index (χ1v) is 12.7. The fourth-order valence-corrected chi connectivity index (χ4v) is 5.25. The minimum absolute atomic E-state index is 0.0190. The summed E-state index contributed by atoms with van der Waals surface area (Å²) in [7, 11) is 0. The molecule has 4 rings (SSSR count). The van der Waals surface area contributed by atoms with E-state index in [9.17, 15) is 9.59 Å². The number of hydrogen-bond donors (Lipinski definition) is 1. The van der Waals surface area contributed by atoms with E-state index in [4.69, 9.17) is 0 Å². The van der Waals surface area contributed by atoms with E-state index >= 15 is 0 Å². The lowest BCUT2D eigenvalue weighted by Gasteiger charge is -2.21. The van der Waals surface area contributed by atoms with E-state index < -0.39 is 0 Å². The molecule has 0 bridgehead atoms. The summed E-state index contributed by atoms with van der Waals surface area (Å²) in [5.74, 6) is 1.77. The van der Waals surface area contributed by atoms with Gasteiger partial charge in [-0.25, -0.2) is 0 Å². The van der Waals surface area contributed by atoms with Gasteiger partial charge in [0.25, 0.3) is 0 Å². The summed E-state index contributed by atoms with van der Waals surface area (Å²) in [6, 6.07) is 3.80. The van der Waals surface area contributed by atoms with Crippen LogP contribution >= 0.6 is 11.8 Å². The third-order valence-electron chi connectivity index (χ3n) is 6.25. The van der Waals surface area contributed by atoms with E-state index in [1.54, 1.807) is 12.4 Å². The number of hydrogen-bond acceptors (Lipinski definition) is 6. The van der Waals surface area contributed by atoms with Crippen LogP contribution in [0.3, 0.4) is 0 Å². The van der Waals surface area contributed by atoms with Crippen molar-refractivity contribution in [3.05, 3.63) is 30.4 Å². The van der Waals surface area contributed by atoms with Crippen molar-refractivity contribution < 1.29 is 9.59 Å². The largest absolute Gasteiger partial charge is 0.355 e. The molecule has 0 aromatic carbocycles. The average Bonchev–Trinajstić information content (AvgIpc) is 3.12. The molecule has 0 radical (unpaired) electrons. The van der Waals surface area contributed by atoms with Gasteiger partial charge >= 0.3 is 0 Å². The minimum atomic E-state index is 0.0190. The molecule has 2 aromatic heterocycles. The number of carbonyl (C=O) groups is 2. The molecule has 0 spiro atoms. The Morgan fingerprint density at radius 3 is 2.78 bits per heavy atom. The van der Waals surface area contributed by atoms with Crippen LogP contribution in [0.25, 0.3) is 5.69 Å². The van der Waals surface area contributed by atoms with Gasteiger partial charge in [-0.05, 0) is 43.7 Å². The molecule has 2 aromatic rings. The van der Waals surface area contributed by atoms with Crippen LogP contribution in [-0.4, -0.2) is 55.3 Å². The first kappa shape index (κ1) is 22.8. The summed E-state index contributed by atoms with van der Waals surface area (Å²) >= 11 is 1.37. The van der Waals surface area contributed by atoms with Crippen LogP contribution in [0.5, 0.6) is 0 Å². The Labute approximate surface area is 193 Å². The van der Waals surface area contributed by atoms with Crippen LogP contribution in [0.1, 0.15) is 63.6 Å². The number of nitrogens with one attached hydrogen (secondary N) is 1. The van der Waals surface area contributed by atoms with Gasteiger partial charge in [0.15, 0.2) is 11.0 Å². The number of likely N-dealkylation sites (tertiary alicyclic amines) is 1. The normalized spacial score (nSPS) is 17.9. The molecule has 1 aliphatic carbocycles. The Bertz CT molecular complexity index is 897. The van der Waals surface area contributed by atoms with Crippen LogP contribution < -0.4 is 5.32 Å². The van der Waals surface area contributed by atoms with Gasteiger partial charge in [0, 0.05) is 25.7 Å². The molecule has 0 atom stereocenters. The summed E-state index contributed by atoms with van der Waals surface area (Å²) in [6.45, 7) is 1.91. The van der Waals surface area contributed by atoms with Crippen LogP contribution in [0.15, 0.2) is 29.7 Å². The van der Waals surface area contributed by atoms with Crippen LogP contribution in [0, 0.1) is 5.92 Å². The average molecular weight is 457 g/mol. The highest BCUT2D eigenvalue weighted by atomic mass is 32.2. The molecule has 9 heteroatoms. The second-order valence-corrected chi connectivity index (χ2v) is 9.61. The number of aromatic nitrogens is 4. The Hall–Kier alpha value is -2.42. The SMILES string of the molecule is O=C(CSc1nnc(CN2CCCCCC2=O)n1-c1cccnc1)NCC1CCCCC1. The first-order chi connectivity index (χ1) is 15.7. The predicted octanol–water partition coefficient (Wildman–Crippen LogP) is 3.35. The minimum Gasteiger partial charge on any atom is -0.355 e. The Morgan fingerprint density at radius 1 is 1.12 bits per heavy atom. The van der Waals surface area contributed by atoms with Crippen molar-refractivity contribution in [2.24, 2.45) is 5.92 Å². The maximum absolute atomic E-state index is 12.5. The van der Waals surface area contributed by atoms with Crippen molar-refractivity contribution in [3.63, 3.8) is 0 Å². The lowest BCUT2D eigenvalue weighted by molar-refractivity contribution is -0.131. The van der Waals surface area contributed by atoms with Crippen LogP contribution in [0.4, 0.5) is 0 Å². The molecule has 8 nitrogen and oxygen atoms in total. The molecular weight excluding hydrogens is 424 g/mol. The van der Waals surface area contributed by atoms with Gasteiger partial charge in [0.1, 0.15) is 0 Å². The van der Waals surface area contributed by atoms with Crippen molar-refractivity contribution in [2.45, 2.75) is 69.5 Å². The van der Waals surface area contributed by atoms with E-state index in [0.717, 1.165) is 38.0 Å². The summed E-state index contributed by atoms with van der Waals surface area (Å²) in [6.07, 6.45) is 13.4. The zero-order valence-corrected chi connectivity index (χ0v) is 19.4. The lowest BCUT2D eigenvalue weighted by Crippen LogP contribution is -2.31. The summed E-state index contributed by atoms with van der Waals surface area (Å²) < 4.78 is 1.92. The van der Waals surface area contributed by atoms with Gasteiger partial charge in [0.05, 0.1) is 24.2 Å². The van der Waals surface area contributed by atoms with Gasteiger partial charge in [-0.1, -0.05) is 37.4 Å². The highest BCUT2D eigenvalue weighted by molar-refractivity contribution is 7.99. The van der Waals surface area contributed by atoms with Crippen molar-refractivity contribution in [2.75, 3.05) is 18.8 Å². The first-order valence-electron chi connectivity index (χ1n) is 11.7. The zero-order valence-electron chi connectivity index (χ0n) is 18.5. The molecule has 32 heavy (non-hydrogen) atoms. The maximum atomic E-state index is 12.5. The van der Waals surface area contributed by atoms with Gasteiger partial charge in [0.2, 0.25) is 11.8 Å². The quantitative estimate of drug-likeness (QED) is 0.613. The molecule has 1 saturated carbocycles. The number of pyridine rings is 1. The Kier molecular flexibility index (Phi) is 8.14. The predicted molar refractivity (Wildman–Crippen MR) is 123 cm³/mol. The molecule has 2 fully saturated rings. The van der Waals surface area contributed by atoms with E-state index in [0.29, 0.717) is 29.9 Å². The second-order valence-electron chi connectivity index (χ2n) is 8.67. The molecule has 1 saturated heterocycles. The number of carbonyl (C=O) groups excluding carboxylic acids is 2. The molecule has 1 aliphatic heterocycles. The molecule has 2 aliphatic rings. The van der Waals surface area contributed by atoms with Crippen molar-refractivity contribution >= 4 is 23.6 Å². The smallest absolute Gasteiger partial charge is 0.230 e. The van der Waals surface area contributed by atoms with Gasteiger partial charge in [-0.2, -0.15) is 0 Å². The van der Waals surface area contributed by atoms with Gasteiger partial charge in [-0.15, -0.1) is 10.2 Å². The van der Waals surface area contributed by atoms with Gasteiger partial charge in [-0.3, -0.25) is 19.1 Å². The molecule has 1 N–H and O–H groups in total. The highest BCUT2D eigenvalue weighted by Crippen LogP contribution is 2.25. The Balaban J connectivity index is 1.43. The lowest BCUT2D eigenvalue weighted by atomic mass is 9.89. The maximum Gasteiger partial charge on any atom is 0.230 e. The standard InChI is InChI=1S/C23H32N6O2S/c30-21(25-14-18-8-3-1-4-9-18)17-32-23-27-26-20(29(23)19-10-7-12-24-15-19)16-28-13-6-2-5-11-22(28)31/h7,10,12,15,18H,1-6,8-9,11,13-14,16-17H2,(H,25,30). The fraction of sp³-hybridized carbons (Fsp3) is 0.609. The van der Waals surface area contributed by atoms with Crippen molar-refractivity contribution in [1.82, 2.24) is 30.0 Å². The Morgan fingerprint density at radius 2 is 1.97 bits per heavy atom. The molecule has 0 unspecified atom stereocenters. The van der Waals surface area contributed by atoms with E-state index in [2.05, 4.69) is 20.5 Å². The third kappa shape index (κ3) is 6.09. The number of rotatable bonds is 8. The molecular formula is C23H32N6O2S. The van der Waals surface area contributed by atoms with Crippen LogP contribution in [-0.2, 0) is 16.1 Å². The molecule has 172 valence electrons. The zero-order chi connectivity index (χ0) is 22.2. The monoisotopic (exact) mass is 456 g/mol. The summed E-state index contributed by atoms with van der Waals surface area (Å²) in [5, 5.41) is 12.5. The van der Waals surface area contributed by atoms with E-state index in [1.807, 2.05) is 21.6 Å².